The van der Waals surface area contributed by atoms with E-state index >= 15 is 0 Å². The molecule has 0 fully saturated rings. The predicted molar refractivity (Wildman–Crippen MR) is 67.8 cm³/mol. The zero-order valence-electron chi connectivity index (χ0n) is 10.5. The number of carbonyl (C=O) groups is 1. The van der Waals surface area contributed by atoms with Crippen LogP contribution in [0.3, 0.4) is 0 Å². The van der Waals surface area contributed by atoms with Gasteiger partial charge in [-0.25, -0.2) is 4.79 Å². The number of ether oxygens (including phenoxy) is 1. The second-order valence-corrected chi connectivity index (χ2v) is 4.12. The van der Waals surface area contributed by atoms with Gasteiger partial charge in [-0.15, -0.1) is 0 Å². The lowest BCUT2D eigenvalue weighted by Gasteiger charge is -2.26. The quantitative estimate of drug-likeness (QED) is 0.615. The Morgan fingerprint density at radius 1 is 1.44 bits per heavy atom. The van der Waals surface area contributed by atoms with Gasteiger partial charge >= 0.3 is 5.97 Å². The third-order valence-electron chi connectivity index (χ3n) is 2.51. The summed E-state index contributed by atoms with van der Waals surface area (Å²) in [4.78, 5) is 11.1. The normalized spacial score (nSPS) is 16.2. The van der Waals surface area contributed by atoms with Crippen LogP contribution in [0.1, 0.15) is 25.5 Å². The van der Waals surface area contributed by atoms with E-state index in [2.05, 4.69) is 0 Å². The highest BCUT2D eigenvalue weighted by Crippen LogP contribution is 2.26. The highest BCUT2D eigenvalue weighted by Gasteiger charge is 2.28. The molecule has 0 bridgehead atoms. The Balaban J connectivity index is 2.77. The minimum Gasteiger partial charge on any atom is -0.463 e. The maximum Gasteiger partial charge on any atom is 0.330 e. The first kappa shape index (κ1) is 14.4. The Labute approximate surface area is 107 Å². The standard InChI is InChI=1S/C14H18O4/c1-3-18-12(15)9-10-14(2,17)13(16)11-7-5-4-6-8-11/h4-10,13,16-17H,3H2,1-2H3/b10-9+/t13-,14-/m0/s1. The molecular formula is C14H18O4. The van der Waals surface area contributed by atoms with E-state index in [4.69, 9.17) is 4.74 Å². The Morgan fingerprint density at radius 3 is 2.61 bits per heavy atom. The number of hydrogen-bond donors (Lipinski definition) is 2. The molecule has 1 rings (SSSR count). The zero-order valence-corrected chi connectivity index (χ0v) is 10.5. The monoisotopic (exact) mass is 250 g/mol. The molecule has 4 nitrogen and oxygen atoms in total. The van der Waals surface area contributed by atoms with Gasteiger partial charge in [0, 0.05) is 6.08 Å². The van der Waals surface area contributed by atoms with E-state index < -0.39 is 17.7 Å². The van der Waals surface area contributed by atoms with Gasteiger partial charge in [0.15, 0.2) is 0 Å². The summed E-state index contributed by atoms with van der Waals surface area (Å²) in [6.07, 6.45) is 1.25. The summed E-state index contributed by atoms with van der Waals surface area (Å²) < 4.78 is 4.70. The molecule has 0 aliphatic carbocycles. The molecule has 0 spiro atoms. The molecule has 0 radical (unpaired) electrons. The minimum absolute atomic E-state index is 0.270. The lowest BCUT2D eigenvalue weighted by molar-refractivity contribution is -0.137. The number of aliphatic hydroxyl groups is 2. The van der Waals surface area contributed by atoms with Crippen LogP contribution in [0.2, 0.25) is 0 Å². The van der Waals surface area contributed by atoms with E-state index in [1.165, 1.54) is 13.0 Å². The van der Waals surface area contributed by atoms with Crippen LogP contribution in [-0.4, -0.2) is 28.4 Å². The molecule has 4 heteroatoms. The molecule has 0 amide bonds. The summed E-state index contributed by atoms with van der Waals surface area (Å²) in [5.74, 6) is -0.543. The van der Waals surface area contributed by atoms with Crippen molar-refractivity contribution in [1.29, 1.82) is 0 Å². The minimum atomic E-state index is -1.53. The van der Waals surface area contributed by atoms with Gasteiger partial charge in [0.1, 0.15) is 11.7 Å². The van der Waals surface area contributed by atoms with E-state index in [1.807, 2.05) is 6.07 Å². The van der Waals surface area contributed by atoms with E-state index in [9.17, 15) is 15.0 Å². The Bertz CT molecular complexity index is 409. The van der Waals surface area contributed by atoms with Gasteiger partial charge in [-0.05, 0) is 25.5 Å². The van der Waals surface area contributed by atoms with Crippen molar-refractivity contribution >= 4 is 5.97 Å². The maximum atomic E-state index is 11.1. The first-order valence-electron chi connectivity index (χ1n) is 5.78. The van der Waals surface area contributed by atoms with Crippen LogP contribution < -0.4 is 0 Å². The van der Waals surface area contributed by atoms with Crippen molar-refractivity contribution in [1.82, 2.24) is 0 Å². The molecule has 0 unspecified atom stereocenters. The second-order valence-electron chi connectivity index (χ2n) is 4.12. The Morgan fingerprint density at radius 2 is 2.06 bits per heavy atom. The molecular weight excluding hydrogens is 232 g/mol. The lowest BCUT2D eigenvalue weighted by atomic mass is 9.92. The molecule has 18 heavy (non-hydrogen) atoms. The van der Waals surface area contributed by atoms with Crippen molar-refractivity contribution in [3.63, 3.8) is 0 Å². The summed E-state index contributed by atoms with van der Waals surface area (Å²) in [5, 5.41) is 20.1. The first-order chi connectivity index (χ1) is 8.47. The number of aliphatic hydroxyl groups excluding tert-OH is 1. The third-order valence-corrected chi connectivity index (χ3v) is 2.51. The van der Waals surface area contributed by atoms with Crippen LogP contribution in [-0.2, 0) is 9.53 Å². The fourth-order valence-corrected chi connectivity index (χ4v) is 1.49. The van der Waals surface area contributed by atoms with Crippen molar-refractivity contribution in [2.75, 3.05) is 6.61 Å². The smallest absolute Gasteiger partial charge is 0.330 e. The van der Waals surface area contributed by atoms with E-state index in [0.29, 0.717) is 5.56 Å². The summed E-state index contributed by atoms with van der Waals surface area (Å²) in [6.45, 7) is 3.40. The van der Waals surface area contributed by atoms with E-state index in [-0.39, 0.29) is 6.61 Å². The predicted octanol–water partition coefficient (Wildman–Crippen LogP) is 1.59. The molecule has 1 aromatic rings. The van der Waals surface area contributed by atoms with Gasteiger partial charge < -0.3 is 14.9 Å². The number of esters is 1. The molecule has 0 saturated heterocycles. The van der Waals surface area contributed by atoms with Crippen molar-refractivity contribution < 1.29 is 19.7 Å². The fourth-order valence-electron chi connectivity index (χ4n) is 1.49. The summed E-state index contributed by atoms with van der Waals surface area (Å²) in [6, 6.07) is 8.77. The highest BCUT2D eigenvalue weighted by atomic mass is 16.5. The second kappa shape index (κ2) is 6.33. The van der Waals surface area contributed by atoms with Gasteiger partial charge in [0.05, 0.1) is 6.61 Å². The molecule has 0 aliphatic rings. The highest BCUT2D eigenvalue weighted by molar-refractivity contribution is 5.82. The molecule has 98 valence electrons. The zero-order chi connectivity index (χ0) is 13.6. The molecule has 0 heterocycles. The van der Waals surface area contributed by atoms with Gasteiger partial charge in [0.25, 0.3) is 0 Å². The Hall–Kier alpha value is -1.65. The van der Waals surface area contributed by atoms with Crippen LogP contribution >= 0.6 is 0 Å². The molecule has 1 aromatic carbocycles. The first-order valence-corrected chi connectivity index (χ1v) is 5.78. The molecule has 0 saturated carbocycles. The topological polar surface area (TPSA) is 66.8 Å². The number of benzene rings is 1. The number of rotatable bonds is 5. The third kappa shape index (κ3) is 3.98. The number of hydrogen-bond acceptors (Lipinski definition) is 4. The Kier molecular flexibility index (Phi) is 5.07. The number of carbonyl (C=O) groups excluding carboxylic acids is 1. The average molecular weight is 250 g/mol. The summed E-state index contributed by atoms with van der Waals surface area (Å²) in [7, 11) is 0. The molecule has 2 atom stereocenters. The van der Waals surface area contributed by atoms with Crippen molar-refractivity contribution in [2.45, 2.75) is 25.6 Å². The van der Waals surface area contributed by atoms with E-state index in [0.717, 1.165) is 6.08 Å². The van der Waals surface area contributed by atoms with Crippen LogP contribution in [0.5, 0.6) is 0 Å². The fraction of sp³-hybridized carbons (Fsp3) is 0.357. The van der Waals surface area contributed by atoms with Crippen molar-refractivity contribution in [3.05, 3.63) is 48.0 Å². The van der Waals surface area contributed by atoms with Crippen LogP contribution in [0.25, 0.3) is 0 Å². The van der Waals surface area contributed by atoms with E-state index in [1.54, 1.807) is 31.2 Å². The largest absolute Gasteiger partial charge is 0.463 e. The van der Waals surface area contributed by atoms with Gasteiger partial charge in [-0.3, -0.25) is 0 Å². The van der Waals surface area contributed by atoms with Gasteiger partial charge in [-0.1, -0.05) is 30.3 Å². The average Bonchev–Trinajstić information content (AvgIpc) is 2.37. The summed E-state index contributed by atoms with van der Waals surface area (Å²) in [5.41, 5.74) is -0.954. The molecule has 0 aliphatic heterocycles. The van der Waals surface area contributed by atoms with Crippen LogP contribution in [0.4, 0.5) is 0 Å². The summed E-state index contributed by atoms with van der Waals surface area (Å²) >= 11 is 0. The lowest BCUT2D eigenvalue weighted by Crippen LogP contribution is -2.30. The molecule has 0 aromatic heterocycles. The van der Waals surface area contributed by atoms with Crippen molar-refractivity contribution in [3.8, 4) is 0 Å². The van der Waals surface area contributed by atoms with Gasteiger partial charge in [-0.2, -0.15) is 0 Å². The van der Waals surface area contributed by atoms with Gasteiger partial charge in [0.2, 0.25) is 0 Å². The SMILES string of the molecule is CCOC(=O)/C=C/[C@](C)(O)[C@@H](O)c1ccccc1. The maximum absolute atomic E-state index is 11.1. The van der Waals surface area contributed by atoms with Crippen LogP contribution in [0, 0.1) is 0 Å². The molecule has 2 N–H and O–H groups in total. The van der Waals surface area contributed by atoms with Crippen molar-refractivity contribution in [2.24, 2.45) is 0 Å². The van der Waals surface area contributed by atoms with Crippen LogP contribution in [0.15, 0.2) is 42.5 Å².